The molecule has 2 aromatic heterocycles. The van der Waals surface area contributed by atoms with Crippen LogP contribution < -0.4 is 5.56 Å². The summed E-state index contributed by atoms with van der Waals surface area (Å²) in [6.45, 7) is 1.66. The largest absolute Gasteiger partial charge is 0.508 e. The van der Waals surface area contributed by atoms with Crippen LogP contribution in [0.3, 0.4) is 0 Å². The van der Waals surface area contributed by atoms with E-state index in [2.05, 4.69) is 0 Å². The predicted molar refractivity (Wildman–Crippen MR) is 107 cm³/mol. The first-order valence-corrected chi connectivity index (χ1v) is 9.81. The second-order valence-corrected chi connectivity index (χ2v) is 7.70. The number of fused-ring (bicyclic) bond motifs is 5. The summed E-state index contributed by atoms with van der Waals surface area (Å²) in [5.41, 5.74) is 1.53. The first-order chi connectivity index (χ1) is 14.4. The lowest BCUT2D eigenvalue weighted by atomic mass is 9.86. The zero-order valence-corrected chi connectivity index (χ0v) is 16.3. The molecule has 0 amide bonds. The quantitative estimate of drug-likeness (QED) is 0.437. The third-order valence-corrected chi connectivity index (χ3v) is 6.14. The minimum Gasteiger partial charge on any atom is -0.508 e. The van der Waals surface area contributed by atoms with E-state index in [1.54, 1.807) is 23.6 Å². The van der Waals surface area contributed by atoms with Gasteiger partial charge in [-0.25, -0.2) is 9.78 Å². The van der Waals surface area contributed by atoms with Gasteiger partial charge in [0.25, 0.3) is 5.56 Å². The fourth-order valence-corrected chi connectivity index (χ4v) is 4.47. The number of pyridine rings is 2. The third-order valence-electron chi connectivity index (χ3n) is 6.14. The van der Waals surface area contributed by atoms with Crippen LogP contribution in [0.4, 0.5) is 0 Å². The number of carbonyl (C=O) groups is 1. The number of hydrogen-bond acceptors (Lipinski definition) is 7. The van der Waals surface area contributed by atoms with Crippen LogP contribution in [-0.4, -0.2) is 37.4 Å². The molecule has 8 heteroatoms. The maximum Gasteiger partial charge on any atom is 0.343 e. The minimum atomic E-state index is -1.86. The van der Waals surface area contributed by atoms with Gasteiger partial charge in [-0.05, 0) is 37.1 Å². The smallest absolute Gasteiger partial charge is 0.343 e. The van der Waals surface area contributed by atoms with Crippen molar-refractivity contribution in [3.63, 3.8) is 0 Å². The standard InChI is InChI=1S/C22H20N2O6/c1-2-22(29)15-8-17-19-11(9-24(17)20(27)14(15)10-30-21(22)28)7-13-12(5-6-25)18(26)4-3-16(13)23-19/h3-4,7-8,25-26,29H,2,5-6,9-10H2,1H3. The lowest BCUT2D eigenvalue weighted by Gasteiger charge is -2.31. The molecule has 1 unspecified atom stereocenters. The second-order valence-electron chi connectivity index (χ2n) is 7.70. The molecule has 8 nitrogen and oxygen atoms in total. The van der Waals surface area contributed by atoms with Crippen molar-refractivity contribution in [2.24, 2.45) is 0 Å². The molecule has 1 aromatic carbocycles. The molecule has 2 aliphatic rings. The van der Waals surface area contributed by atoms with Crippen LogP contribution in [0.15, 0.2) is 29.1 Å². The van der Waals surface area contributed by atoms with Gasteiger partial charge in [0.2, 0.25) is 0 Å². The van der Waals surface area contributed by atoms with Gasteiger partial charge in [-0.2, -0.15) is 0 Å². The summed E-state index contributed by atoms with van der Waals surface area (Å²) in [6.07, 6.45) is 0.372. The Bertz CT molecular complexity index is 1300. The summed E-state index contributed by atoms with van der Waals surface area (Å²) in [6, 6.07) is 6.76. The highest BCUT2D eigenvalue weighted by Crippen LogP contribution is 2.39. The lowest BCUT2D eigenvalue weighted by Crippen LogP contribution is -2.44. The molecule has 4 heterocycles. The number of aromatic hydroxyl groups is 1. The number of aromatic nitrogens is 2. The molecular weight excluding hydrogens is 388 g/mol. The van der Waals surface area contributed by atoms with Gasteiger partial charge in [0, 0.05) is 28.7 Å². The van der Waals surface area contributed by atoms with E-state index in [0.717, 1.165) is 10.9 Å². The fraction of sp³-hybridized carbons (Fsp3) is 0.318. The normalized spacial score (nSPS) is 19.4. The molecular formula is C22H20N2O6. The summed E-state index contributed by atoms with van der Waals surface area (Å²) < 4.78 is 6.64. The van der Waals surface area contributed by atoms with E-state index < -0.39 is 11.6 Å². The monoisotopic (exact) mass is 408 g/mol. The molecule has 0 spiro atoms. The molecule has 2 aliphatic heterocycles. The van der Waals surface area contributed by atoms with Crippen LogP contribution in [0, 0.1) is 0 Å². The number of cyclic esters (lactones) is 1. The van der Waals surface area contributed by atoms with Crippen LogP contribution in [0.25, 0.3) is 22.3 Å². The van der Waals surface area contributed by atoms with Crippen molar-refractivity contribution in [3.05, 3.63) is 56.9 Å². The van der Waals surface area contributed by atoms with Gasteiger partial charge in [-0.15, -0.1) is 0 Å². The number of aliphatic hydroxyl groups is 2. The van der Waals surface area contributed by atoms with Gasteiger partial charge in [-0.1, -0.05) is 6.92 Å². The Balaban J connectivity index is 1.77. The maximum atomic E-state index is 13.2. The minimum absolute atomic E-state index is 0.0868. The van der Waals surface area contributed by atoms with Crippen molar-refractivity contribution in [2.75, 3.05) is 6.61 Å². The van der Waals surface area contributed by atoms with E-state index in [4.69, 9.17) is 9.72 Å². The Morgan fingerprint density at radius 2 is 2.07 bits per heavy atom. The van der Waals surface area contributed by atoms with Crippen LogP contribution in [0.1, 0.15) is 35.6 Å². The highest BCUT2D eigenvalue weighted by atomic mass is 16.6. The number of benzene rings is 1. The van der Waals surface area contributed by atoms with Crippen LogP contribution in [-0.2, 0) is 34.7 Å². The van der Waals surface area contributed by atoms with Crippen molar-refractivity contribution < 1.29 is 24.9 Å². The third kappa shape index (κ3) is 2.37. The number of aliphatic hydroxyl groups excluding tert-OH is 1. The number of hydrogen-bond donors (Lipinski definition) is 3. The average Bonchev–Trinajstić information content (AvgIpc) is 3.10. The lowest BCUT2D eigenvalue weighted by molar-refractivity contribution is -0.172. The predicted octanol–water partition coefficient (Wildman–Crippen LogP) is 1.32. The summed E-state index contributed by atoms with van der Waals surface area (Å²) in [5.74, 6) is -0.666. The van der Waals surface area contributed by atoms with E-state index >= 15 is 0 Å². The number of esters is 1. The molecule has 5 rings (SSSR count). The number of nitrogens with zero attached hydrogens (tertiary/aromatic N) is 2. The highest BCUT2D eigenvalue weighted by Gasteiger charge is 2.45. The van der Waals surface area contributed by atoms with E-state index in [1.807, 2.05) is 6.07 Å². The molecule has 0 radical (unpaired) electrons. The fourth-order valence-electron chi connectivity index (χ4n) is 4.47. The van der Waals surface area contributed by atoms with Gasteiger partial charge < -0.3 is 24.6 Å². The topological polar surface area (TPSA) is 122 Å². The molecule has 0 bridgehead atoms. The molecule has 0 saturated carbocycles. The molecule has 30 heavy (non-hydrogen) atoms. The van der Waals surface area contributed by atoms with Crippen LogP contribution in [0.5, 0.6) is 5.75 Å². The van der Waals surface area contributed by atoms with Crippen molar-refractivity contribution in [1.29, 1.82) is 0 Å². The zero-order chi connectivity index (χ0) is 21.2. The van der Waals surface area contributed by atoms with E-state index in [0.29, 0.717) is 22.5 Å². The highest BCUT2D eigenvalue weighted by molar-refractivity contribution is 5.89. The Kier molecular flexibility index (Phi) is 4.00. The number of rotatable bonds is 3. The molecule has 3 N–H and O–H groups in total. The van der Waals surface area contributed by atoms with Gasteiger partial charge in [0.05, 0.1) is 29.0 Å². The number of carbonyl (C=O) groups excluding carboxylic acids is 1. The molecule has 0 saturated heterocycles. The van der Waals surface area contributed by atoms with Crippen molar-refractivity contribution in [1.82, 2.24) is 9.55 Å². The Morgan fingerprint density at radius 3 is 2.80 bits per heavy atom. The van der Waals surface area contributed by atoms with Crippen LogP contribution >= 0.6 is 0 Å². The number of ether oxygens (including phenoxy) is 1. The van der Waals surface area contributed by atoms with E-state index in [1.165, 1.54) is 6.07 Å². The molecule has 0 fully saturated rings. The summed E-state index contributed by atoms with van der Waals surface area (Å²) >= 11 is 0. The van der Waals surface area contributed by atoms with Crippen molar-refractivity contribution in [2.45, 2.75) is 38.5 Å². The summed E-state index contributed by atoms with van der Waals surface area (Å²) in [4.78, 5) is 30.1. The molecule has 0 aliphatic carbocycles. The number of phenolic OH excluding ortho intramolecular Hbond substituents is 1. The maximum absolute atomic E-state index is 13.2. The Morgan fingerprint density at radius 1 is 1.27 bits per heavy atom. The van der Waals surface area contributed by atoms with E-state index in [9.17, 15) is 24.9 Å². The first kappa shape index (κ1) is 18.8. The Hall–Kier alpha value is -3.23. The zero-order valence-electron chi connectivity index (χ0n) is 16.3. The molecule has 154 valence electrons. The number of phenols is 1. The van der Waals surface area contributed by atoms with Crippen molar-refractivity contribution in [3.8, 4) is 17.1 Å². The second kappa shape index (κ2) is 6.38. The Labute approximate surface area is 171 Å². The summed E-state index contributed by atoms with van der Waals surface area (Å²) in [5, 5.41) is 31.2. The molecule has 3 aromatic rings. The first-order valence-electron chi connectivity index (χ1n) is 9.81. The summed E-state index contributed by atoms with van der Waals surface area (Å²) in [7, 11) is 0. The van der Waals surface area contributed by atoms with Gasteiger partial charge in [0.15, 0.2) is 5.60 Å². The van der Waals surface area contributed by atoms with Crippen molar-refractivity contribution >= 4 is 16.9 Å². The average molecular weight is 408 g/mol. The SMILES string of the molecule is CCC1(O)C(=O)OCc2c1cc1n(c2=O)Cc2cc3c(CCO)c(O)ccc3nc2-1. The van der Waals surface area contributed by atoms with Gasteiger partial charge >= 0.3 is 5.97 Å². The van der Waals surface area contributed by atoms with E-state index in [-0.39, 0.29) is 55.0 Å². The van der Waals surface area contributed by atoms with Crippen LogP contribution in [0.2, 0.25) is 0 Å². The van der Waals surface area contributed by atoms with Gasteiger partial charge in [-0.3, -0.25) is 4.79 Å². The van der Waals surface area contributed by atoms with Gasteiger partial charge in [0.1, 0.15) is 12.4 Å². The molecule has 1 atom stereocenters.